The average molecular weight is 952 g/mol. The molecule has 0 atom stereocenters. The van der Waals surface area contributed by atoms with Crippen LogP contribution in [0.15, 0.2) is 158 Å². The minimum Gasteiger partial charge on any atom is -0.311 e. The van der Waals surface area contributed by atoms with Crippen molar-refractivity contribution in [1.82, 2.24) is 4.57 Å². The fourth-order valence-corrected chi connectivity index (χ4v) is 13.1. The molecule has 10 aromatic rings. The van der Waals surface area contributed by atoms with Crippen molar-refractivity contribution >= 4 is 112 Å². The molecule has 354 valence electrons. The van der Waals surface area contributed by atoms with Crippen LogP contribution in [0.2, 0.25) is 0 Å². The van der Waals surface area contributed by atoms with Crippen LogP contribution in [0.3, 0.4) is 0 Å². The van der Waals surface area contributed by atoms with Gasteiger partial charge in [-0.1, -0.05) is 151 Å². The predicted molar refractivity (Wildman–Crippen MR) is 317 cm³/mol. The third-order valence-electron chi connectivity index (χ3n) is 15.7. The molecule has 8 aromatic carbocycles. The summed E-state index contributed by atoms with van der Waals surface area (Å²) >= 11 is 1.87. The molecule has 2 aromatic heterocycles. The van der Waals surface area contributed by atoms with Gasteiger partial charge in [-0.3, -0.25) is 0 Å². The van der Waals surface area contributed by atoms with Crippen LogP contribution < -0.4 is 26.2 Å². The first kappa shape index (κ1) is 45.8. The summed E-state index contributed by atoms with van der Waals surface area (Å²) in [7, 11) is 0. The van der Waals surface area contributed by atoms with Crippen LogP contribution in [0.4, 0.5) is 34.1 Å². The summed E-state index contributed by atoms with van der Waals surface area (Å²) in [5.74, 6) is 0. The van der Waals surface area contributed by atoms with E-state index in [9.17, 15) is 0 Å². The van der Waals surface area contributed by atoms with Crippen LogP contribution >= 0.6 is 11.3 Å². The Balaban J connectivity index is 1.17. The predicted octanol–water partition coefficient (Wildman–Crippen LogP) is 17.3. The Hall–Kier alpha value is -7.34. The lowest BCUT2D eigenvalue weighted by Gasteiger charge is -2.46. The maximum Gasteiger partial charge on any atom is 0.252 e. The Kier molecular flexibility index (Phi) is 10.6. The van der Waals surface area contributed by atoms with E-state index in [2.05, 4.69) is 261 Å². The Morgan fingerprint density at radius 3 is 1.78 bits per heavy atom. The molecule has 0 aliphatic carbocycles. The van der Waals surface area contributed by atoms with E-state index in [0.717, 1.165) is 11.4 Å². The van der Waals surface area contributed by atoms with Gasteiger partial charge in [-0.15, -0.1) is 11.3 Å². The van der Waals surface area contributed by atoms with Gasteiger partial charge < -0.3 is 14.4 Å². The van der Waals surface area contributed by atoms with E-state index >= 15 is 0 Å². The lowest BCUT2D eigenvalue weighted by Crippen LogP contribution is -2.61. The number of anilines is 6. The third kappa shape index (κ3) is 6.99. The summed E-state index contributed by atoms with van der Waals surface area (Å²) in [5, 5.41) is 3.87. The molecule has 12 rings (SSSR count). The molecule has 3 nitrogen and oxygen atoms in total. The molecule has 0 saturated heterocycles. The van der Waals surface area contributed by atoms with E-state index in [4.69, 9.17) is 0 Å². The van der Waals surface area contributed by atoms with E-state index in [0.29, 0.717) is 0 Å². The molecule has 2 aliphatic rings. The molecule has 0 radical (unpaired) electrons. The van der Waals surface area contributed by atoms with Gasteiger partial charge in [-0.25, -0.2) is 0 Å². The second-order valence-corrected chi connectivity index (χ2v) is 23.5. The van der Waals surface area contributed by atoms with Gasteiger partial charge in [0.2, 0.25) is 0 Å². The highest BCUT2D eigenvalue weighted by atomic mass is 32.1. The van der Waals surface area contributed by atoms with Gasteiger partial charge in [0.25, 0.3) is 6.71 Å². The number of aryl methyl sites for hydroxylation is 4. The van der Waals surface area contributed by atoms with Crippen LogP contribution in [0, 0.1) is 27.7 Å². The second-order valence-electron chi connectivity index (χ2n) is 22.4. The maximum atomic E-state index is 4.49. The highest BCUT2D eigenvalue weighted by molar-refractivity contribution is 7.25. The average Bonchev–Trinajstić information content (AvgIpc) is 3.87. The van der Waals surface area contributed by atoms with Gasteiger partial charge in [0, 0.05) is 59.6 Å². The molecule has 0 fully saturated rings. The highest BCUT2D eigenvalue weighted by Crippen LogP contribution is 2.49. The van der Waals surface area contributed by atoms with Gasteiger partial charge in [0.05, 0.1) is 22.6 Å². The minimum absolute atomic E-state index is 0.0573. The Morgan fingerprint density at radius 1 is 0.514 bits per heavy atom. The van der Waals surface area contributed by atoms with Crippen LogP contribution in [-0.2, 0) is 10.8 Å². The number of aromatic nitrogens is 1. The number of hydrogen-bond donors (Lipinski definition) is 0. The van der Waals surface area contributed by atoms with Gasteiger partial charge in [-0.05, 0) is 167 Å². The number of fused-ring (bicyclic) bond motifs is 8. The highest BCUT2D eigenvalue weighted by Gasteiger charge is 2.45. The van der Waals surface area contributed by atoms with Crippen LogP contribution in [0.5, 0.6) is 0 Å². The number of nitrogens with zero attached hydrogens (tertiary/aromatic N) is 3. The van der Waals surface area contributed by atoms with E-state index < -0.39 is 0 Å². The van der Waals surface area contributed by atoms with Crippen molar-refractivity contribution in [3.8, 4) is 16.8 Å². The van der Waals surface area contributed by atoms with Crippen molar-refractivity contribution < 1.29 is 0 Å². The van der Waals surface area contributed by atoms with Crippen molar-refractivity contribution in [3.63, 3.8) is 0 Å². The molecular formula is C67H62BN3S. The van der Waals surface area contributed by atoms with Crippen LogP contribution in [-0.4, -0.2) is 11.3 Å². The van der Waals surface area contributed by atoms with Crippen molar-refractivity contribution in [2.45, 2.75) is 87.0 Å². The number of thiophene rings is 1. The van der Waals surface area contributed by atoms with Crippen molar-refractivity contribution in [2.75, 3.05) is 9.80 Å². The van der Waals surface area contributed by atoms with E-state index in [-0.39, 0.29) is 17.5 Å². The van der Waals surface area contributed by atoms with Gasteiger partial charge >= 0.3 is 0 Å². The van der Waals surface area contributed by atoms with Gasteiger partial charge in [0.1, 0.15) is 0 Å². The molecule has 2 aliphatic heterocycles. The molecule has 0 amide bonds. The molecule has 0 N–H and O–H groups in total. The summed E-state index contributed by atoms with van der Waals surface area (Å²) in [6.45, 7) is 29.7. The maximum absolute atomic E-state index is 4.49. The van der Waals surface area contributed by atoms with Crippen LogP contribution in [0.25, 0.3) is 60.0 Å². The second kappa shape index (κ2) is 16.6. The van der Waals surface area contributed by atoms with E-state index in [1.54, 1.807) is 0 Å². The lowest BCUT2D eigenvalue weighted by molar-refractivity contribution is 0.590. The van der Waals surface area contributed by atoms with E-state index in [1.165, 1.54) is 132 Å². The van der Waals surface area contributed by atoms with Crippen LogP contribution in [0.1, 0.15) is 93.1 Å². The zero-order chi connectivity index (χ0) is 50.1. The summed E-state index contributed by atoms with van der Waals surface area (Å²) in [6.07, 6.45) is 6.52. The molecular weight excluding hydrogens is 890 g/mol. The summed E-state index contributed by atoms with van der Waals surface area (Å²) in [6, 6.07) is 56.0. The molecule has 0 unspecified atom stereocenters. The number of allylic oxidation sites excluding steroid dienone is 1. The zero-order valence-electron chi connectivity index (χ0n) is 43.6. The fraction of sp³-hybridized carbons (Fsp3) is 0.194. The first-order chi connectivity index (χ1) is 34.5. The third-order valence-corrected chi connectivity index (χ3v) is 16.8. The smallest absolute Gasteiger partial charge is 0.252 e. The van der Waals surface area contributed by atoms with E-state index in [1.807, 2.05) is 11.3 Å². The van der Waals surface area contributed by atoms with Crippen molar-refractivity contribution in [3.05, 3.63) is 203 Å². The molecule has 0 spiro atoms. The summed E-state index contributed by atoms with van der Waals surface area (Å²) < 4.78 is 5.14. The first-order valence-electron chi connectivity index (χ1n) is 25.6. The fourth-order valence-electron chi connectivity index (χ4n) is 12.1. The van der Waals surface area contributed by atoms with Gasteiger partial charge in [-0.2, -0.15) is 0 Å². The SMILES string of the molecule is C=Cc1c(/C=C\C)c2cc3c(cc2n1-c1c(C)cccc1C)N(c1c(C)cccc1C)c1cc(C(C)(C)C)cc2c1B3c1cc(C(C)(C)C)ccc1N2c1ccc(-c2ccc3sc4ccccc4c3c2)cc1. The van der Waals surface area contributed by atoms with Crippen molar-refractivity contribution in [2.24, 2.45) is 0 Å². The minimum atomic E-state index is -0.147. The first-order valence-corrected chi connectivity index (χ1v) is 26.4. The molecule has 0 saturated carbocycles. The Morgan fingerprint density at radius 2 is 1.12 bits per heavy atom. The van der Waals surface area contributed by atoms with Gasteiger partial charge in [0.15, 0.2) is 0 Å². The molecule has 72 heavy (non-hydrogen) atoms. The quantitative estimate of drug-likeness (QED) is 0.154. The number of hydrogen-bond acceptors (Lipinski definition) is 3. The zero-order valence-corrected chi connectivity index (χ0v) is 44.4. The normalized spacial score (nSPS) is 13.4. The van der Waals surface area contributed by atoms with Crippen molar-refractivity contribution in [1.29, 1.82) is 0 Å². The number of rotatable bonds is 6. The largest absolute Gasteiger partial charge is 0.311 e. The lowest BCUT2D eigenvalue weighted by atomic mass is 9.33. The number of benzene rings is 8. The monoisotopic (exact) mass is 951 g/mol. The number of para-hydroxylation sites is 2. The Bertz CT molecular complexity index is 3880. The molecule has 5 heteroatoms. The topological polar surface area (TPSA) is 11.4 Å². The summed E-state index contributed by atoms with van der Waals surface area (Å²) in [5.41, 5.74) is 25.7. The Labute approximate surface area is 430 Å². The molecule has 4 heterocycles. The summed E-state index contributed by atoms with van der Waals surface area (Å²) in [4.78, 5) is 5.22. The standard InChI is InChI=1S/C67H62BN3S/c1-13-19-49-51-38-54-58(39-57(51)70(55(49)14-2)64-40(3)20-17-21-41(64)4)71(65-42(5)22-18-23-43(65)6)60-37-47(67(10,11)12)36-59-63(60)68(54)53-35-46(66(7,8)9)29-32-56(53)69(59)48-30-26-44(27-31-48)45-28-33-62-52(34-45)50-24-15-16-25-61(50)72-62/h13-39H,2H2,1,3-12H3/b19-13-. The molecule has 0 bridgehead atoms.